The normalized spacial score (nSPS) is 10.8. The Bertz CT molecular complexity index is 406. The number of nitrogens with zero attached hydrogens (tertiary/aromatic N) is 1. The molecule has 3 heteroatoms. The molecule has 0 aliphatic rings. The lowest BCUT2D eigenvalue weighted by molar-refractivity contribution is 1.31. The fourth-order valence-corrected chi connectivity index (χ4v) is 2.68. The van der Waals surface area contributed by atoms with Gasteiger partial charge in [0.15, 0.2) is 0 Å². The van der Waals surface area contributed by atoms with Crippen LogP contribution in [0.4, 0.5) is 0 Å². The van der Waals surface area contributed by atoms with Crippen LogP contribution in [0.25, 0.3) is 10.2 Å². The van der Waals surface area contributed by atoms with E-state index in [0.717, 1.165) is 10.5 Å². The number of hydrogen-bond acceptors (Lipinski definition) is 3. The summed E-state index contributed by atoms with van der Waals surface area (Å²) in [6.45, 7) is 2.05. The molecule has 1 nitrogen and oxygen atoms in total. The first-order valence-electron chi connectivity index (χ1n) is 3.71. The number of fused-ring (bicyclic) bond motifs is 1. The quantitative estimate of drug-likeness (QED) is 0.647. The number of rotatable bonds is 1. The highest BCUT2D eigenvalue weighted by molar-refractivity contribution is 7.98. The molecule has 0 fully saturated rings. The summed E-state index contributed by atoms with van der Waals surface area (Å²) in [5, 5.41) is 1.14. The largest absolute Gasteiger partial charge is 0.240 e. The highest BCUT2D eigenvalue weighted by Crippen LogP contribution is 2.29. The summed E-state index contributed by atoms with van der Waals surface area (Å²) in [6.07, 6.45) is 2.09. The van der Waals surface area contributed by atoms with Crippen LogP contribution < -0.4 is 0 Å². The molecule has 1 heterocycles. The summed E-state index contributed by atoms with van der Waals surface area (Å²) in [6, 6.07) is 6.33. The molecule has 1 aromatic carbocycles. The van der Waals surface area contributed by atoms with Gasteiger partial charge >= 0.3 is 0 Å². The summed E-state index contributed by atoms with van der Waals surface area (Å²) < 4.78 is 1.29. The van der Waals surface area contributed by atoms with Crippen LogP contribution in [0.1, 0.15) is 5.01 Å². The first-order valence-corrected chi connectivity index (χ1v) is 5.75. The van der Waals surface area contributed by atoms with Crippen LogP contribution in [0.15, 0.2) is 23.1 Å². The third-order valence-corrected chi connectivity index (χ3v) is 3.41. The van der Waals surface area contributed by atoms with Gasteiger partial charge in [-0.2, -0.15) is 0 Å². The molecule has 0 unspecified atom stereocenters. The Labute approximate surface area is 79.8 Å². The van der Waals surface area contributed by atoms with Crippen LogP contribution in [-0.4, -0.2) is 11.2 Å². The molecule has 62 valence electrons. The Hall–Kier alpha value is -0.540. The first kappa shape index (κ1) is 8.08. The van der Waals surface area contributed by atoms with Crippen molar-refractivity contribution >= 4 is 33.3 Å². The molecule has 0 aliphatic heterocycles. The lowest BCUT2D eigenvalue weighted by Gasteiger charge is -1.94. The van der Waals surface area contributed by atoms with Crippen molar-refractivity contribution in [3.05, 3.63) is 23.2 Å². The number of aromatic nitrogens is 1. The van der Waals surface area contributed by atoms with Gasteiger partial charge in [-0.15, -0.1) is 23.1 Å². The highest BCUT2D eigenvalue weighted by Gasteiger charge is 2.03. The van der Waals surface area contributed by atoms with Gasteiger partial charge in [0.05, 0.1) is 15.2 Å². The molecule has 2 aromatic rings. The maximum atomic E-state index is 4.48. The number of hydrogen-bond donors (Lipinski definition) is 0. The zero-order valence-corrected chi connectivity index (χ0v) is 8.63. The molecule has 0 saturated carbocycles. The monoisotopic (exact) mass is 195 g/mol. The second-order valence-electron chi connectivity index (χ2n) is 2.54. The SMILES string of the molecule is CSc1cccc2sc(C)nc12. The van der Waals surface area contributed by atoms with Crippen molar-refractivity contribution in [2.45, 2.75) is 11.8 Å². The predicted octanol–water partition coefficient (Wildman–Crippen LogP) is 3.33. The number of aryl methyl sites for hydroxylation is 1. The molecule has 0 spiro atoms. The second-order valence-corrected chi connectivity index (χ2v) is 4.62. The van der Waals surface area contributed by atoms with Gasteiger partial charge in [-0.25, -0.2) is 4.98 Å². The van der Waals surface area contributed by atoms with E-state index in [2.05, 4.69) is 36.4 Å². The van der Waals surface area contributed by atoms with Crippen molar-refractivity contribution in [3.63, 3.8) is 0 Å². The van der Waals surface area contributed by atoms with Crippen molar-refractivity contribution in [2.75, 3.05) is 6.26 Å². The van der Waals surface area contributed by atoms with Gasteiger partial charge < -0.3 is 0 Å². The zero-order valence-electron chi connectivity index (χ0n) is 7.00. The fraction of sp³-hybridized carbons (Fsp3) is 0.222. The van der Waals surface area contributed by atoms with Gasteiger partial charge in [-0.3, -0.25) is 0 Å². The Kier molecular flexibility index (Phi) is 2.07. The van der Waals surface area contributed by atoms with Crippen molar-refractivity contribution < 1.29 is 0 Å². The second kappa shape index (κ2) is 3.07. The Morgan fingerprint density at radius 1 is 1.42 bits per heavy atom. The summed E-state index contributed by atoms with van der Waals surface area (Å²) in [7, 11) is 0. The van der Waals surface area contributed by atoms with E-state index < -0.39 is 0 Å². The van der Waals surface area contributed by atoms with Gasteiger partial charge in [0.25, 0.3) is 0 Å². The van der Waals surface area contributed by atoms with Gasteiger partial charge in [0, 0.05) is 4.90 Å². The van der Waals surface area contributed by atoms with Crippen LogP contribution in [0.2, 0.25) is 0 Å². The summed E-state index contributed by atoms with van der Waals surface area (Å²) in [5.74, 6) is 0. The van der Waals surface area contributed by atoms with Crippen LogP contribution in [0.3, 0.4) is 0 Å². The van der Waals surface area contributed by atoms with Crippen molar-refractivity contribution in [1.82, 2.24) is 4.98 Å². The molecule has 2 rings (SSSR count). The van der Waals surface area contributed by atoms with E-state index in [1.165, 1.54) is 9.60 Å². The predicted molar refractivity (Wildman–Crippen MR) is 56.1 cm³/mol. The Morgan fingerprint density at radius 2 is 2.25 bits per heavy atom. The van der Waals surface area contributed by atoms with Gasteiger partial charge in [0.1, 0.15) is 0 Å². The molecule has 0 bridgehead atoms. The molecule has 0 saturated heterocycles. The van der Waals surface area contributed by atoms with E-state index in [1.807, 2.05) is 0 Å². The molecule has 0 atom stereocenters. The molecule has 0 amide bonds. The first-order chi connectivity index (χ1) is 5.81. The molecule has 0 aliphatic carbocycles. The van der Waals surface area contributed by atoms with E-state index in [4.69, 9.17) is 0 Å². The van der Waals surface area contributed by atoms with E-state index in [9.17, 15) is 0 Å². The minimum atomic E-state index is 1.14. The lowest BCUT2D eigenvalue weighted by atomic mass is 10.3. The van der Waals surface area contributed by atoms with Gasteiger partial charge in [0.2, 0.25) is 0 Å². The molecule has 12 heavy (non-hydrogen) atoms. The molecule has 0 N–H and O–H groups in total. The highest BCUT2D eigenvalue weighted by atomic mass is 32.2. The standard InChI is InChI=1S/C9H9NS2/c1-6-10-9-7(11-2)4-3-5-8(9)12-6/h3-5H,1-2H3. The average molecular weight is 195 g/mol. The Morgan fingerprint density at radius 3 is 3.00 bits per heavy atom. The molecule has 1 aromatic heterocycles. The Balaban J connectivity index is 2.78. The summed E-state index contributed by atoms with van der Waals surface area (Å²) in [5.41, 5.74) is 1.16. The maximum Gasteiger partial charge on any atom is 0.0950 e. The molecule has 0 radical (unpaired) electrons. The van der Waals surface area contributed by atoms with Crippen LogP contribution in [-0.2, 0) is 0 Å². The maximum absolute atomic E-state index is 4.48. The van der Waals surface area contributed by atoms with Crippen molar-refractivity contribution in [1.29, 1.82) is 0 Å². The minimum Gasteiger partial charge on any atom is -0.240 e. The van der Waals surface area contributed by atoms with Crippen LogP contribution in [0, 0.1) is 6.92 Å². The molecular weight excluding hydrogens is 186 g/mol. The van der Waals surface area contributed by atoms with Crippen molar-refractivity contribution in [2.24, 2.45) is 0 Å². The van der Waals surface area contributed by atoms with E-state index >= 15 is 0 Å². The zero-order chi connectivity index (χ0) is 8.55. The molecular formula is C9H9NS2. The van der Waals surface area contributed by atoms with E-state index in [1.54, 1.807) is 23.1 Å². The number of benzene rings is 1. The van der Waals surface area contributed by atoms with Gasteiger partial charge in [-0.05, 0) is 25.3 Å². The van der Waals surface area contributed by atoms with Crippen molar-refractivity contribution in [3.8, 4) is 0 Å². The van der Waals surface area contributed by atoms with Crippen LogP contribution >= 0.6 is 23.1 Å². The van der Waals surface area contributed by atoms with Crippen LogP contribution in [0.5, 0.6) is 0 Å². The fourth-order valence-electron chi connectivity index (χ4n) is 1.20. The smallest absolute Gasteiger partial charge is 0.0950 e. The summed E-state index contributed by atoms with van der Waals surface area (Å²) >= 11 is 3.51. The van der Waals surface area contributed by atoms with Gasteiger partial charge in [-0.1, -0.05) is 6.07 Å². The average Bonchev–Trinajstić information content (AvgIpc) is 2.44. The topological polar surface area (TPSA) is 12.9 Å². The summed E-state index contributed by atoms with van der Waals surface area (Å²) in [4.78, 5) is 5.76. The minimum absolute atomic E-state index is 1.14. The third kappa shape index (κ3) is 1.23. The van der Waals surface area contributed by atoms with E-state index in [-0.39, 0.29) is 0 Å². The third-order valence-electron chi connectivity index (χ3n) is 1.71. The number of thiazole rings is 1. The number of para-hydroxylation sites is 1. The number of thioether (sulfide) groups is 1. The van der Waals surface area contributed by atoms with E-state index in [0.29, 0.717) is 0 Å². The lowest BCUT2D eigenvalue weighted by Crippen LogP contribution is -1.73.